The molecule has 0 aromatic heterocycles. The van der Waals surface area contributed by atoms with Gasteiger partial charge in [-0.1, -0.05) is 13.3 Å². The Kier molecular flexibility index (Phi) is 6.08. The van der Waals surface area contributed by atoms with Gasteiger partial charge in [0.1, 0.15) is 0 Å². The SMILES string of the molecule is CCCC=C(C)O[Si](C)(C)OCC. The minimum Gasteiger partial charge on any atom is -0.525 e. The lowest BCUT2D eigenvalue weighted by Crippen LogP contribution is -2.34. The summed E-state index contributed by atoms with van der Waals surface area (Å²) in [4.78, 5) is 0. The quantitative estimate of drug-likeness (QED) is 0.485. The molecule has 0 aliphatic heterocycles. The monoisotopic (exact) mass is 202 g/mol. The van der Waals surface area contributed by atoms with E-state index in [4.69, 9.17) is 8.85 Å². The summed E-state index contributed by atoms with van der Waals surface area (Å²) in [6, 6.07) is 0. The molecule has 0 fully saturated rings. The fourth-order valence-electron chi connectivity index (χ4n) is 1.15. The maximum absolute atomic E-state index is 5.76. The fraction of sp³-hybridized carbons (Fsp3) is 0.800. The molecule has 0 aromatic carbocycles. The minimum atomic E-state index is -1.88. The Morgan fingerprint density at radius 2 is 1.92 bits per heavy atom. The Hall–Kier alpha value is -0.283. The van der Waals surface area contributed by atoms with E-state index in [1.165, 1.54) is 0 Å². The van der Waals surface area contributed by atoms with Gasteiger partial charge in [0.2, 0.25) is 0 Å². The topological polar surface area (TPSA) is 18.5 Å². The summed E-state index contributed by atoms with van der Waals surface area (Å²) in [6.07, 6.45) is 4.38. The molecule has 2 nitrogen and oxygen atoms in total. The average molecular weight is 202 g/mol. The molecule has 0 radical (unpaired) electrons. The summed E-state index contributed by atoms with van der Waals surface area (Å²) in [5, 5.41) is 0. The van der Waals surface area contributed by atoms with Crippen LogP contribution in [0.4, 0.5) is 0 Å². The van der Waals surface area contributed by atoms with Gasteiger partial charge in [-0.2, -0.15) is 0 Å². The predicted molar refractivity (Wildman–Crippen MR) is 58.9 cm³/mol. The molecule has 0 amide bonds. The summed E-state index contributed by atoms with van der Waals surface area (Å²) in [5.74, 6) is 1.01. The third-order valence-electron chi connectivity index (χ3n) is 1.62. The zero-order valence-electron chi connectivity index (χ0n) is 9.52. The summed E-state index contributed by atoms with van der Waals surface area (Å²) in [6.45, 7) is 11.0. The van der Waals surface area contributed by atoms with E-state index in [0.29, 0.717) is 0 Å². The summed E-state index contributed by atoms with van der Waals surface area (Å²) < 4.78 is 11.3. The van der Waals surface area contributed by atoms with Crippen molar-refractivity contribution in [2.45, 2.75) is 46.7 Å². The second-order valence-corrected chi connectivity index (χ2v) is 6.83. The van der Waals surface area contributed by atoms with Gasteiger partial charge in [0.25, 0.3) is 0 Å². The third-order valence-corrected chi connectivity index (χ3v) is 3.42. The molecule has 0 aromatic rings. The van der Waals surface area contributed by atoms with Crippen molar-refractivity contribution in [2.24, 2.45) is 0 Å². The zero-order chi connectivity index (χ0) is 10.3. The molecule has 0 saturated carbocycles. The van der Waals surface area contributed by atoms with Gasteiger partial charge in [-0.3, -0.25) is 0 Å². The Bertz CT molecular complexity index is 164. The normalized spacial score (nSPS) is 13.2. The first-order chi connectivity index (χ1) is 6.02. The molecular formula is C10H22O2Si. The van der Waals surface area contributed by atoms with Gasteiger partial charge in [-0.15, -0.1) is 0 Å². The number of hydrogen-bond donors (Lipinski definition) is 0. The smallest absolute Gasteiger partial charge is 0.392 e. The highest BCUT2D eigenvalue weighted by Gasteiger charge is 2.25. The number of allylic oxidation sites excluding steroid dienone is 2. The maximum atomic E-state index is 5.76. The van der Waals surface area contributed by atoms with Crippen molar-refractivity contribution >= 4 is 8.56 Å². The Morgan fingerprint density at radius 3 is 2.38 bits per heavy atom. The van der Waals surface area contributed by atoms with Gasteiger partial charge < -0.3 is 8.85 Å². The Balaban J connectivity index is 3.94. The molecule has 0 unspecified atom stereocenters. The molecule has 0 rings (SSSR count). The van der Waals surface area contributed by atoms with Gasteiger partial charge in [0, 0.05) is 6.61 Å². The second kappa shape index (κ2) is 6.21. The molecule has 0 atom stereocenters. The molecule has 3 heteroatoms. The number of unbranched alkanes of at least 4 members (excludes halogenated alkanes) is 1. The number of hydrogen-bond acceptors (Lipinski definition) is 2. The molecule has 0 heterocycles. The van der Waals surface area contributed by atoms with Crippen LogP contribution in [-0.2, 0) is 8.85 Å². The van der Waals surface area contributed by atoms with Crippen molar-refractivity contribution in [3.63, 3.8) is 0 Å². The van der Waals surface area contributed by atoms with Gasteiger partial charge in [0.15, 0.2) is 0 Å². The Labute approximate surface area is 83.2 Å². The van der Waals surface area contributed by atoms with Crippen molar-refractivity contribution in [1.82, 2.24) is 0 Å². The molecule has 13 heavy (non-hydrogen) atoms. The molecule has 0 spiro atoms. The number of rotatable bonds is 6. The van der Waals surface area contributed by atoms with E-state index < -0.39 is 8.56 Å². The van der Waals surface area contributed by atoms with Crippen molar-refractivity contribution in [3.05, 3.63) is 11.8 Å². The molecule has 0 aliphatic carbocycles. The van der Waals surface area contributed by atoms with Crippen LogP contribution < -0.4 is 0 Å². The largest absolute Gasteiger partial charge is 0.525 e. The molecular weight excluding hydrogens is 180 g/mol. The van der Waals surface area contributed by atoms with E-state index in [1.807, 2.05) is 13.8 Å². The molecule has 0 aliphatic rings. The van der Waals surface area contributed by atoms with Gasteiger partial charge in [-0.25, -0.2) is 0 Å². The highest BCUT2D eigenvalue weighted by atomic mass is 28.4. The van der Waals surface area contributed by atoms with Crippen LogP contribution in [0.2, 0.25) is 13.1 Å². The standard InChI is InChI=1S/C10H22O2Si/c1-6-8-9-10(3)12-13(4,5)11-7-2/h9H,6-8H2,1-5H3. The fourth-order valence-corrected chi connectivity index (χ4v) is 2.77. The summed E-state index contributed by atoms with van der Waals surface area (Å²) >= 11 is 0. The lowest BCUT2D eigenvalue weighted by molar-refractivity contribution is 0.228. The van der Waals surface area contributed by atoms with E-state index in [-0.39, 0.29) is 0 Å². The lowest BCUT2D eigenvalue weighted by Gasteiger charge is -2.23. The first kappa shape index (κ1) is 12.7. The lowest BCUT2D eigenvalue weighted by atomic mass is 10.3. The zero-order valence-corrected chi connectivity index (χ0v) is 10.5. The van der Waals surface area contributed by atoms with Crippen LogP contribution in [-0.4, -0.2) is 15.2 Å². The predicted octanol–water partition coefficient (Wildman–Crippen LogP) is 3.45. The van der Waals surface area contributed by atoms with E-state index in [2.05, 4.69) is 26.1 Å². The highest BCUT2D eigenvalue weighted by Crippen LogP contribution is 2.12. The first-order valence-electron chi connectivity index (χ1n) is 5.01. The van der Waals surface area contributed by atoms with Crippen LogP contribution in [0, 0.1) is 0 Å². The first-order valence-corrected chi connectivity index (χ1v) is 7.83. The molecule has 78 valence electrons. The van der Waals surface area contributed by atoms with Crippen molar-refractivity contribution < 1.29 is 8.85 Å². The van der Waals surface area contributed by atoms with Crippen molar-refractivity contribution in [3.8, 4) is 0 Å². The van der Waals surface area contributed by atoms with E-state index in [1.54, 1.807) is 0 Å². The van der Waals surface area contributed by atoms with Crippen LogP contribution in [0.15, 0.2) is 11.8 Å². The maximum Gasteiger partial charge on any atom is 0.392 e. The van der Waals surface area contributed by atoms with Crippen LogP contribution in [0.1, 0.15) is 33.6 Å². The van der Waals surface area contributed by atoms with Crippen LogP contribution in [0.5, 0.6) is 0 Å². The highest BCUT2D eigenvalue weighted by molar-refractivity contribution is 6.64. The average Bonchev–Trinajstić information content (AvgIpc) is 1.99. The van der Waals surface area contributed by atoms with Crippen LogP contribution >= 0.6 is 0 Å². The third kappa shape index (κ3) is 6.84. The van der Waals surface area contributed by atoms with Gasteiger partial charge in [0.05, 0.1) is 5.76 Å². The van der Waals surface area contributed by atoms with E-state index in [0.717, 1.165) is 25.2 Å². The van der Waals surface area contributed by atoms with Crippen molar-refractivity contribution in [2.75, 3.05) is 6.61 Å². The molecule has 0 saturated heterocycles. The van der Waals surface area contributed by atoms with Crippen LogP contribution in [0.3, 0.4) is 0 Å². The summed E-state index contributed by atoms with van der Waals surface area (Å²) in [7, 11) is -1.88. The molecule has 0 N–H and O–H groups in total. The Morgan fingerprint density at radius 1 is 1.31 bits per heavy atom. The van der Waals surface area contributed by atoms with E-state index in [9.17, 15) is 0 Å². The second-order valence-electron chi connectivity index (χ2n) is 3.54. The minimum absolute atomic E-state index is 0.736. The molecule has 0 bridgehead atoms. The van der Waals surface area contributed by atoms with E-state index >= 15 is 0 Å². The van der Waals surface area contributed by atoms with Crippen LogP contribution in [0.25, 0.3) is 0 Å². The van der Waals surface area contributed by atoms with Gasteiger partial charge >= 0.3 is 8.56 Å². The van der Waals surface area contributed by atoms with Crippen molar-refractivity contribution in [1.29, 1.82) is 0 Å². The van der Waals surface area contributed by atoms with Gasteiger partial charge in [-0.05, 0) is 39.4 Å². The summed E-state index contributed by atoms with van der Waals surface area (Å²) in [5.41, 5.74) is 0.